The van der Waals surface area contributed by atoms with Gasteiger partial charge in [-0.3, -0.25) is 4.79 Å². The second-order valence-electron chi connectivity index (χ2n) is 5.98. The van der Waals surface area contributed by atoms with Gasteiger partial charge in [0.15, 0.2) is 0 Å². The second-order valence-corrected chi connectivity index (χ2v) is 7.36. The van der Waals surface area contributed by atoms with E-state index in [4.69, 9.17) is 11.6 Å². The van der Waals surface area contributed by atoms with Crippen molar-refractivity contribution in [2.24, 2.45) is 0 Å². The fourth-order valence-corrected chi connectivity index (χ4v) is 4.09. The van der Waals surface area contributed by atoms with Gasteiger partial charge in [-0.25, -0.2) is 9.36 Å². The van der Waals surface area contributed by atoms with E-state index < -0.39 is 0 Å². The van der Waals surface area contributed by atoms with Crippen molar-refractivity contribution in [3.63, 3.8) is 0 Å². The third-order valence-electron chi connectivity index (χ3n) is 4.44. The molecular formula is C18H15ClN2O3S. The molecule has 1 aromatic carbocycles. The number of likely N-dealkylation sites (tertiary alicyclic amines) is 1. The molecule has 0 unspecified atom stereocenters. The molecule has 0 bridgehead atoms. The Labute approximate surface area is 153 Å². The average molecular weight is 375 g/mol. The van der Waals surface area contributed by atoms with Gasteiger partial charge in [-0.2, -0.15) is 0 Å². The third-order valence-corrected chi connectivity index (χ3v) is 5.55. The fraction of sp³-hybridized carbons (Fsp3) is 0.222. The highest BCUT2D eigenvalue weighted by Gasteiger charge is 2.30. The Morgan fingerprint density at radius 1 is 1.16 bits per heavy atom. The number of amides is 1. The first kappa shape index (κ1) is 16.2. The molecule has 7 heteroatoms. The summed E-state index contributed by atoms with van der Waals surface area (Å²) < 4.78 is 1.22. The third kappa shape index (κ3) is 2.62. The fourth-order valence-electron chi connectivity index (χ4n) is 3.25. The Balaban J connectivity index is 1.93. The van der Waals surface area contributed by atoms with E-state index in [2.05, 4.69) is 0 Å². The van der Waals surface area contributed by atoms with Crippen molar-refractivity contribution in [1.82, 2.24) is 9.47 Å². The van der Waals surface area contributed by atoms with E-state index in [1.807, 2.05) is 0 Å². The summed E-state index contributed by atoms with van der Waals surface area (Å²) in [4.78, 5) is 27.9. The molecule has 0 aliphatic carbocycles. The van der Waals surface area contributed by atoms with Crippen LogP contribution < -0.4 is 0 Å². The Morgan fingerprint density at radius 2 is 1.92 bits per heavy atom. The Bertz CT molecular complexity index is 972. The molecule has 0 spiro atoms. The van der Waals surface area contributed by atoms with Crippen LogP contribution in [-0.2, 0) is 0 Å². The molecule has 1 fully saturated rings. The average Bonchev–Trinajstić information content (AvgIpc) is 3.34. The molecule has 1 saturated heterocycles. The normalized spacial score (nSPS) is 14.4. The zero-order valence-corrected chi connectivity index (χ0v) is 14.8. The highest BCUT2D eigenvalue weighted by atomic mass is 35.5. The molecule has 1 amide bonds. The van der Waals surface area contributed by atoms with Gasteiger partial charge in [-0.15, -0.1) is 11.3 Å². The van der Waals surface area contributed by atoms with Gasteiger partial charge in [-0.1, -0.05) is 17.7 Å². The highest BCUT2D eigenvalue weighted by Crippen LogP contribution is 2.36. The summed E-state index contributed by atoms with van der Waals surface area (Å²) in [6, 6.07) is 8.09. The first-order valence-electron chi connectivity index (χ1n) is 7.98. The molecule has 0 atom stereocenters. The van der Waals surface area contributed by atoms with Crippen LogP contribution in [0.1, 0.15) is 28.1 Å². The van der Waals surface area contributed by atoms with Gasteiger partial charge in [0, 0.05) is 23.5 Å². The molecule has 3 aromatic rings. The summed E-state index contributed by atoms with van der Waals surface area (Å²) in [5.41, 5.74) is 0.603. The monoisotopic (exact) mass is 374 g/mol. The molecule has 4 rings (SSSR count). The van der Waals surface area contributed by atoms with E-state index in [1.165, 1.54) is 15.9 Å². The Kier molecular flexibility index (Phi) is 4.01. The summed E-state index contributed by atoms with van der Waals surface area (Å²) in [7, 11) is 0. The van der Waals surface area contributed by atoms with Crippen LogP contribution in [0.5, 0.6) is 5.88 Å². The standard InChI is InChI=1S/C18H15ClN2O3S/c19-11-5-6-13-12(10-11)15(16(22)14-4-3-9-25-14)17(23)21(13)18(24)20-7-1-2-8-20/h3-6,9-10,23H,1-2,7-8H2. The minimum Gasteiger partial charge on any atom is -0.494 e. The number of thiophene rings is 1. The Morgan fingerprint density at radius 3 is 2.60 bits per heavy atom. The van der Waals surface area contributed by atoms with Gasteiger partial charge in [0.05, 0.1) is 16.0 Å². The molecule has 3 heterocycles. The summed E-state index contributed by atoms with van der Waals surface area (Å²) in [5, 5.41) is 13.5. The predicted molar refractivity (Wildman–Crippen MR) is 98.0 cm³/mol. The van der Waals surface area contributed by atoms with Crippen molar-refractivity contribution in [2.45, 2.75) is 12.8 Å². The zero-order valence-electron chi connectivity index (χ0n) is 13.2. The van der Waals surface area contributed by atoms with E-state index in [-0.39, 0.29) is 23.3 Å². The van der Waals surface area contributed by atoms with E-state index in [0.29, 0.717) is 33.9 Å². The van der Waals surface area contributed by atoms with Crippen molar-refractivity contribution in [2.75, 3.05) is 13.1 Å². The van der Waals surface area contributed by atoms with E-state index in [1.54, 1.807) is 40.6 Å². The van der Waals surface area contributed by atoms with Crippen molar-refractivity contribution >= 4 is 45.7 Å². The number of hydrogen-bond acceptors (Lipinski definition) is 4. The molecule has 0 saturated carbocycles. The van der Waals surface area contributed by atoms with E-state index >= 15 is 0 Å². The SMILES string of the molecule is O=C(c1cccs1)c1c(O)n(C(=O)N2CCCC2)c2ccc(Cl)cc12. The van der Waals surface area contributed by atoms with Crippen LogP contribution in [0.4, 0.5) is 4.79 Å². The summed E-state index contributed by atoms with van der Waals surface area (Å²) >= 11 is 7.39. The number of carbonyl (C=O) groups excluding carboxylic acids is 2. The summed E-state index contributed by atoms with van der Waals surface area (Å²) in [6.45, 7) is 1.31. The topological polar surface area (TPSA) is 62.5 Å². The minimum atomic E-state index is -0.326. The molecule has 128 valence electrons. The number of fused-ring (bicyclic) bond motifs is 1. The van der Waals surface area contributed by atoms with Gasteiger partial charge in [0.25, 0.3) is 0 Å². The van der Waals surface area contributed by atoms with Crippen molar-refractivity contribution in [1.29, 1.82) is 0 Å². The van der Waals surface area contributed by atoms with Crippen LogP contribution in [0.15, 0.2) is 35.7 Å². The van der Waals surface area contributed by atoms with Gasteiger partial charge in [0.2, 0.25) is 11.7 Å². The molecule has 0 radical (unpaired) electrons. The van der Waals surface area contributed by atoms with Gasteiger partial charge >= 0.3 is 6.03 Å². The number of nitrogens with zero attached hydrogens (tertiary/aromatic N) is 2. The zero-order chi connectivity index (χ0) is 17.6. The predicted octanol–water partition coefficient (Wildman–Crippen LogP) is 4.36. The number of aromatic nitrogens is 1. The smallest absolute Gasteiger partial charge is 0.331 e. The summed E-state index contributed by atoms with van der Waals surface area (Å²) in [6.07, 6.45) is 1.89. The lowest BCUT2D eigenvalue weighted by molar-refractivity contribution is 0.104. The van der Waals surface area contributed by atoms with Gasteiger partial charge in [-0.05, 0) is 42.5 Å². The van der Waals surface area contributed by atoms with Crippen LogP contribution in [0.2, 0.25) is 5.02 Å². The van der Waals surface area contributed by atoms with Crippen molar-refractivity contribution in [3.05, 3.63) is 51.2 Å². The first-order chi connectivity index (χ1) is 12.1. The van der Waals surface area contributed by atoms with Crippen LogP contribution in [0, 0.1) is 0 Å². The quantitative estimate of drug-likeness (QED) is 0.678. The van der Waals surface area contributed by atoms with E-state index in [0.717, 1.165) is 12.8 Å². The molecular weight excluding hydrogens is 360 g/mol. The lowest BCUT2D eigenvalue weighted by Crippen LogP contribution is -2.31. The van der Waals surface area contributed by atoms with E-state index in [9.17, 15) is 14.7 Å². The first-order valence-corrected chi connectivity index (χ1v) is 9.24. The number of hydrogen-bond donors (Lipinski definition) is 1. The minimum absolute atomic E-state index is 0.118. The number of halogens is 1. The van der Waals surface area contributed by atoms with Crippen molar-refractivity contribution < 1.29 is 14.7 Å². The molecule has 25 heavy (non-hydrogen) atoms. The van der Waals surface area contributed by atoms with Crippen molar-refractivity contribution in [3.8, 4) is 5.88 Å². The second kappa shape index (κ2) is 6.20. The maximum Gasteiger partial charge on any atom is 0.331 e. The number of aromatic hydroxyl groups is 1. The molecule has 1 aliphatic heterocycles. The number of carbonyl (C=O) groups is 2. The van der Waals surface area contributed by atoms with Crippen LogP contribution >= 0.6 is 22.9 Å². The Hall–Kier alpha value is -2.31. The van der Waals surface area contributed by atoms with Crippen LogP contribution in [-0.4, -0.2) is 39.5 Å². The maximum atomic E-state index is 12.9. The lowest BCUT2D eigenvalue weighted by atomic mass is 10.1. The maximum absolute atomic E-state index is 12.9. The number of benzene rings is 1. The molecule has 2 aromatic heterocycles. The summed E-state index contributed by atoms with van der Waals surface area (Å²) in [5.74, 6) is -0.639. The van der Waals surface area contributed by atoms with Gasteiger partial charge in [0.1, 0.15) is 0 Å². The molecule has 1 N–H and O–H groups in total. The highest BCUT2D eigenvalue weighted by molar-refractivity contribution is 7.12. The van der Waals surface area contributed by atoms with Gasteiger partial charge < -0.3 is 10.0 Å². The van der Waals surface area contributed by atoms with Crippen LogP contribution in [0.3, 0.4) is 0 Å². The largest absolute Gasteiger partial charge is 0.494 e. The number of rotatable bonds is 2. The molecule has 1 aliphatic rings. The number of ketones is 1. The lowest BCUT2D eigenvalue weighted by Gasteiger charge is -2.16. The van der Waals surface area contributed by atoms with Crippen LogP contribution in [0.25, 0.3) is 10.9 Å². The molecule has 5 nitrogen and oxygen atoms in total.